The van der Waals surface area contributed by atoms with Crippen molar-refractivity contribution in [2.24, 2.45) is 0 Å². The molecule has 2 rings (SSSR count). The average molecular weight is 212 g/mol. The van der Waals surface area contributed by atoms with Crippen molar-refractivity contribution >= 4 is 0 Å². The molecule has 0 saturated carbocycles. The summed E-state index contributed by atoms with van der Waals surface area (Å²) in [5.74, 6) is 0. The summed E-state index contributed by atoms with van der Waals surface area (Å²) in [5, 5.41) is 0. The molecular formula is C14H16N2. The van der Waals surface area contributed by atoms with Crippen molar-refractivity contribution in [2.75, 3.05) is 0 Å². The lowest BCUT2D eigenvalue weighted by Gasteiger charge is -2.11. The van der Waals surface area contributed by atoms with Crippen LogP contribution in [0.4, 0.5) is 0 Å². The maximum atomic E-state index is 4.27. The van der Waals surface area contributed by atoms with Crippen molar-refractivity contribution < 1.29 is 0 Å². The Morgan fingerprint density at radius 3 is 2.06 bits per heavy atom. The molecule has 2 aromatic rings. The quantitative estimate of drug-likeness (QED) is 0.724. The van der Waals surface area contributed by atoms with Gasteiger partial charge in [0, 0.05) is 17.0 Å². The highest BCUT2D eigenvalue weighted by Gasteiger charge is 2.09. The zero-order valence-electron chi connectivity index (χ0n) is 10.2. The van der Waals surface area contributed by atoms with Crippen LogP contribution in [0.25, 0.3) is 11.1 Å². The molecule has 0 bridgehead atoms. The van der Waals surface area contributed by atoms with Gasteiger partial charge in [0.2, 0.25) is 0 Å². The summed E-state index contributed by atoms with van der Waals surface area (Å²) in [5.41, 5.74) is 7.05. The summed E-state index contributed by atoms with van der Waals surface area (Å²) in [7, 11) is 0. The predicted molar refractivity (Wildman–Crippen MR) is 66.4 cm³/mol. The van der Waals surface area contributed by atoms with E-state index in [-0.39, 0.29) is 0 Å². The molecular weight excluding hydrogens is 196 g/mol. The zero-order chi connectivity index (χ0) is 11.7. The molecule has 16 heavy (non-hydrogen) atoms. The first kappa shape index (κ1) is 10.8. The van der Waals surface area contributed by atoms with Crippen molar-refractivity contribution in [2.45, 2.75) is 27.7 Å². The van der Waals surface area contributed by atoms with Crippen LogP contribution in [-0.2, 0) is 0 Å². The maximum absolute atomic E-state index is 4.27. The monoisotopic (exact) mass is 212 g/mol. The zero-order valence-corrected chi connectivity index (χ0v) is 10.2. The van der Waals surface area contributed by atoms with Gasteiger partial charge in [-0.2, -0.15) is 0 Å². The van der Waals surface area contributed by atoms with E-state index in [2.05, 4.69) is 42.0 Å². The highest BCUT2D eigenvalue weighted by Crippen LogP contribution is 2.27. The number of benzene rings is 1. The van der Waals surface area contributed by atoms with E-state index in [4.69, 9.17) is 0 Å². The van der Waals surface area contributed by atoms with Gasteiger partial charge >= 0.3 is 0 Å². The summed E-state index contributed by atoms with van der Waals surface area (Å²) >= 11 is 0. The van der Waals surface area contributed by atoms with Gasteiger partial charge < -0.3 is 0 Å². The highest BCUT2D eigenvalue weighted by molar-refractivity contribution is 5.71. The van der Waals surface area contributed by atoms with Gasteiger partial charge in [-0.25, -0.2) is 9.97 Å². The van der Waals surface area contributed by atoms with Crippen molar-refractivity contribution in [3.63, 3.8) is 0 Å². The second kappa shape index (κ2) is 4.05. The van der Waals surface area contributed by atoms with Crippen LogP contribution >= 0.6 is 0 Å². The predicted octanol–water partition coefficient (Wildman–Crippen LogP) is 3.38. The largest absolute Gasteiger partial charge is 0.241 e. The number of rotatable bonds is 1. The molecule has 0 unspecified atom stereocenters. The lowest BCUT2D eigenvalue weighted by molar-refractivity contribution is 1.06. The first-order chi connectivity index (χ1) is 7.59. The van der Waals surface area contributed by atoms with Crippen LogP contribution in [-0.4, -0.2) is 9.97 Å². The van der Waals surface area contributed by atoms with Crippen LogP contribution in [0, 0.1) is 27.7 Å². The topological polar surface area (TPSA) is 25.8 Å². The van der Waals surface area contributed by atoms with Crippen LogP contribution in [0.3, 0.4) is 0 Å². The van der Waals surface area contributed by atoms with E-state index in [0.29, 0.717) is 0 Å². The van der Waals surface area contributed by atoms with Crippen molar-refractivity contribution in [3.05, 3.63) is 47.0 Å². The molecule has 2 nitrogen and oxygen atoms in total. The van der Waals surface area contributed by atoms with Gasteiger partial charge in [0.05, 0.1) is 0 Å². The first-order valence-electron chi connectivity index (χ1n) is 5.45. The Bertz CT molecular complexity index is 510. The molecule has 0 spiro atoms. The lowest BCUT2D eigenvalue weighted by atomic mass is 9.97. The molecule has 0 saturated heterocycles. The molecule has 0 radical (unpaired) electrons. The van der Waals surface area contributed by atoms with E-state index in [9.17, 15) is 0 Å². The smallest absolute Gasteiger partial charge is 0.115 e. The molecule has 0 N–H and O–H groups in total. The fourth-order valence-corrected chi connectivity index (χ4v) is 2.08. The summed E-state index contributed by atoms with van der Waals surface area (Å²) in [6.45, 7) is 8.30. The molecule has 1 heterocycles. The third-order valence-electron chi connectivity index (χ3n) is 2.88. The summed E-state index contributed by atoms with van der Waals surface area (Å²) in [4.78, 5) is 8.54. The molecule has 0 atom stereocenters. The van der Waals surface area contributed by atoms with Gasteiger partial charge in [0.1, 0.15) is 6.33 Å². The fraction of sp³-hybridized carbons (Fsp3) is 0.286. The molecule has 0 aliphatic carbocycles. The minimum atomic E-state index is 1.04. The van der Waals surface area contributed by atoms with Crippen LogP contribution < -0.4 is 0 Å². The van der Waals surface area contributed by atoms with Gasteiger partial charge in [0.25, 0.3) is 0 Å². The Morgan fingerprint density at radius 2 is 1.50 bits per heavy atom. The lowest BCUT2D eigenvalue weighted by Crippen LogP contribution is -1.96. The van der Waals surface area contributed by atoms with Crippen molar-refractivity contribution in [1.29, 1.82) is 0 Å². The fourth-order valence-electron chi connectivity index (χ4n) is 2.08. The Balaban J connectivity index is 2.68. The molecule has 82 valence electrons. The molecule has 2 heteroatoms. The Labute approximate surface area is 96.4 Å². The Kier molecular flexibility index (Phi) is 2.73. The Morgan fingerprint density at radius 1 is 0.875 bits per heavy atom. The Hall–Kier alpha value is -1.70. The van der Waals surface area contributed by atoms with Gasteiger partial charge in [-0.05, 0) is 38.8 Å². The second-order valence-electron chi connectivity index (χ2n) is 4.24. The van der Waals surface area contributed by atoms with E-state index in [1.54, 1.807) is 6.33 Å². The van der Waals surface area contributed by atoms with Gasteiger partial charge in [-0.3, -0.25) is 0 Å². The normalized spacial score (nSPS) is 10.5. The van der Waals surface area contributed by atoms with E-state index in [1.165, 1.54) is 22.3 Å². The van der Waals surface area contributed by atoms with Crippen LogP contribution in [0.2, 0.25) is 0 Å². The van der Waals surface area contributed by atoms with Crippen molar-refractivity contribution in [1.82, 2.24) is 9.97 Å². The minimum Gasteiger partial charge on any atom is -0.241 e. The van der Waals surface area contributed by atoms with E-state index in [0.717, 1.165) is 11.4 Å². The molecule has 0 aliphatic rings. The van der Waals surface area contributed by atoms with E-state index in [1.807, 2.05) is 13.8 Å². The first-order valence-corrected chi connectivity index (χ1v) is 5.45. The number of nitrogens with zero attached hydrogens (tertiary/aromatic N) is 2. The standard InChI is InChI=1S/C14H16N2/c1-9-5-6-13(10(2)7-9)14-11(3)15-8-16-12(14)4/h5-8H,1-4H3. The summed E-state index contributed by atoms with van der Waals surface area (Å²) in [6.07, 6.45) is 1.62. The minimum absolute atomic E-state index is 1.04. The van der Waals surface area contributed by atoms with Gasteiger partial charge in [-0.15, -0.1) is 0 Å². The number of aryl methyl sites for hydroxylation is 4. The third kappa shape index (κ3) is 1.83. The number of hydrogen-bond donors (Lipinski definition) is 0. The van der Waals surface area contributed by atoms with Crippen molar-refractivity contribution in [3.8, 4) is 11.1 Å². The van der Waals surface area contributed by atoms with E-state index < -0.39 is 0 Å². The van der Waals surface area contributed by atoms with Crippen LogP contribution in [0.15, 0.2) is 24.5 Å². The third-order valence-corrected chi connectivity index (χ3v) is 2.88. The average Bonchev–Trinajstić information content (AvgIpc) is 2.20. The summed E-state index contributed by atoms with van der Waals surface area (Å²) < 4.78 is 0. The number of hydrogen-bond acceptors (Lipinski definition) is 2. The van der Waals surface area contributed by atoms with Gasteiger partial charge in [-0.1, -0.05) is 23.8 Å². The molecule has 1 aromatic carbocycles. The maximum Gasteiger partial charge on any atom is 0.115 e. The molecule has 1 aromatic heterocycles. The SMILES string of the molecule is Cc1ccc(-c2c(C)ncnc2C)c(C)c1. The van der Waals surface area contributed by atoms with Crippen LogP contribution in [0.5, 0.6) is 0 Å². The molecule has 0 fully saturated rings. The van der Waals surface area contributed by atoms with E-state index >= 15 is 0 Å². The number of aromatic nitrogens is 2. The van der Waals surface area contributed by atoms with Crippen LogP contribution in [0.1, 0.15) is 22.5 Å². The highest BCUT2D eigenvalue weighted by atomic mass is 14.8. The molecule has 0 aliphatic heterocycles. The second-order valence-corrected chi connectivity index (χ2v) is 4.24. The van der Waals surface area contributed by atoms with Gasteiger partial charge in [0.15, 0.2) is 0 Å². The molecule has 0 amide bonds. The summed E-state index contributed by atoms with van der Waals surface area (Å²) in [6, 6.07) is 6.48.